The SMILES string of the molecule is Cn1cc(S(=O)(=O)N2CCC(C(=O)Nc3ccc(C(F)(F)F)cc3)CC2)cc1C(N)=O. The van der Waals surface area contributed by atoms with Gasteiger partial charge in [-0.2, -0.15) is 17.5 Å². The van der Waals surface area contributed by atoms with Gasteiger partial charge in [0, 0.05) is 37.9 Å². The molecule has 0 spiro atoms. The van der Waals surface area contributed by atoms with E-state index in [-0.39, 0.29) is 48.1 Å². The Morgan fingerprint density at radius 2 is 1.71 bits per heavy atom. The molecular weight excluding hydrogens is 437 g/mol. The quantitative estimate of drug-likeness (QED) is 0.715. The van der Waals surface area contributed by atoms with Crippen molar-refractivity contribution in [2.24, 2.45) is 18.7 Å². The van der Waals surface area contributed by atoms with Crippen LogP contribution in [0.25, 0.3) is 0 Å². The molecule has 0 saturated carbocycles. The first-order chi connectivity index (χ1) is 14.4. The molecule has 1 saturated heterocycles. The molecule has 1 aromatic carbocycles. The molecule has 2 heterocycles. The second-order valence-electron chi connectivity index (χ2n) is 7.28. The second kappa shape index (κ2) is 8.35. The van der Waals surface area contributed by atoms with Crippen molar-refractivity contribution in [3.8, 4) is 0 Å². The Labute approximate surface area is 176 Å². The van der Waals surface area contributed by atoms with E-state index < -0.39 is 33.6 Å². The predicted octanol–water partition coefficient (Wildman–Crippen LogP) is 2.18. The second-order valence-corrected chi connectivity index (χ2v) is 9.22. The molecule has 8 nitrogen and oxygen atoms in total. The predicted molar refractivity (Wildman–Crippen MR) is 105 cm³/mol. The number of piperidine rings is 1. The third kappa shape index (κ3) is 4.90. The third-order valence-corrected chi connectivity index (χ3v) is 7.04. The highest BCUT2D eigenvalue weighted by Gasteiger charge is 2.34. The lowest BCUT2D eigenvalue weighted by atomic mass is 9.97. The number of hydrogen-bond donors (Lipinski definition) is 2. The topological polar surface area (TPSA) is 114 Å². The van der Waals surface area contributed by atoms with Crippen LogP contribution in [0.3, 0.4) is 0 Å². The van der Waals surface area contributed by atoms with E-state index in [4.69, 9.17) is 5.73 Å². The van der Waals surface area contributed by atoms with E-state index in [1.807, 2.05) is 0 Å². The van der Waals surface area contributed by atoms with Crippen molar-refractivity contribution >= 4 is 27.5 Å². The minimum absolute atomic E-state index is 0.0588. The van der Waals surface area contributed by atoms with Crippen LogP contribution in [0.1, 0.15) is 28.9 Å². The summed E-state index contributed by atoms with van der Waals surface area (Å²) in [6.07, 6.45) is -2.65. The molecule has 168 valence electrons. The van der Waals surface area contributed by atoms with Crippen molar-refractivity contribution in [1.82, 2.24) is 8.87 Å². The standard InChI is InChI=1S/C19H21F3N4O4S/c1-25-11-15(10-16(25)17(23)27)31(29,30)26-8-6-12(7-9-26)18(28)24-14-4-2-13(3-5-14)19(20,21)22/h2-5,10-12H,6-9H2,1H3,(H2,23,27)(H,24,28). The van der Waals surface area contributed by atoms with Crippen molar-refractivity contribution in [1.29, 1.82) is 0 Å². The highest BCUT2D eigenvalue weighted by Crippen LogP contribution is 2.30. The number of anilines is 1. The maximum atomic E-state index is 12.8. The van der Waals surface area contributed by atoms with E-state index in [1.165, 1.54) is 40.3 Å². The Bertz CT molecular complexity index is 1090. The zero-order chi connectivity index (χ0) is 23.0. The van der Waals surface area contributed by atoms with E-state index in [9.17, 15) is 31.2 Å². The van der Waals surface area contributed by atoms with Crippen molar-refractivity contribution < 1.29 is 31.2 Å². The molecule has 2 amide bonds. The molecule has 0 bridgehead atoms. The average Bonchev–Trinajstić information content (AvgIpc) is 3.10. The molecule has 0 aliphatic carbocycles. The molecular formula is C19H21F3N4O4S. The summed E-state index contributed by atoms with van der Waals surface area (Å²) in [5.41, 5.74) is 4.70. The average molecular weight is 458 g/mol. The van der Waals surface area contributed by atoms with Gasteiger partial charge in [-0.15, -0.1) is 0 Å². The van der Waals surface area contributed by atoms with Gasteiger partial charge in [0.25, 0.3) is 5.91 Å². The molecule has 12 heteroatoms. The summed E-state index contributed by atoms with van der Waals surface area (Å²) >= 11 is 0. The van der Waals surface area contributed by atoms with Crippen LogP contribution in [0.4, 0.5) is 18.9 Å². The highest BCUT2D eigenvalue weighted by molar-refractivity contribution is 7.89. The summed E-state index contributed by atoms with van der Waals surface area (Å²) in [6, 6.07) is 5.31. The summed E-state index contributed by atoms with van der Waals surface area (Å²) in [5.74, 6) is -1.61. The largest absolute Gasteiger partial charge is 0.416 e. The number of primary amides is 1. The summed E-state index contributed by atoms with van der Waals surface area (Å²) in [5, 5.41) is 2.57. The number of rotatable bonds is 5. The van der Waals surface area contributed by atoms with E-state index in [0.717, 1.165) is 12.1 Å². The molecule has 3 rings (SSSR count). The first kappa shape index (κ1) is 22.8. The van der Waals surface area contributed by atoms with Crippen LogP contribution in [0.5, 0.6) is 0 Å². The number of benzene rings is 1. The number of nitrogens with one attached hydrogen (secondary N) is 1. The minimum atomic E-state index is -4.46. The number of carbonyl (C=O) groups is 2. The fraction of sp³-hybridized carbons (Fsp3) is 0.368. The molecule has 2 aromatic rings. The van der Waals surface area contributed by atoms with E-state index >= 15 is 0 Å². The highest BCUT2D eigenvalue weighted by atomic mass is 32.2. The Hall–Kier alpha value is -2.86. The van der Waals surface area contributed by atoms with Crippen LogP contribution in [0, 0.1) is 5.92 Å². The van der Waals surface area contributed by atoms with Gasteiger partial charge < -0.3 is 15.6 Å². The van der Waals surface area contributed by atoms with Crippen molar-refractivity contribution in [3.05, 3.63) is 47.8 Å². The van der Waals surface area contributed by atoms with Gasteiger partial charge in [0.05, 0.1) is 5.56 Å². The van der Waals surface area contributed by atoms with Crippen molar-refractivity contribution in [2.45, 2.75) is 23.9 Å². The smallest absolute Gasteiger partial charge is 0.364 e. The van der Waals surface area contributed by atoms with Gasteiger partial charge in [-0.05, 0) is 43.2 Å². The number of sulfonamides is 1. The Morgan fingerprint density at radius 3 is 2.19 bits per heavy atom. The summed E-state index contributed by atoms with van der Waals surface area (Å²) in [6.45, 7) is 0.183. The summed E-state index contributed by atoms with van der Waals surface area (Å²) in [7, 11) is -2.35. The van der Waals surface area contributed by atoms with Gasteiger partial charge in [0.1, 0.15) is 10.6 Å². The molecule has 1 aromatic heterocycles. The number of carbonyl (C=O) groups excluding carboxylic acids is 2. The number of halogens is 3. The number of aromatic nitrogens is 1. The number of alkyl halides is 3. The van der Waals surface area contributed by atoms with E-state index in [1.54, 1.807) is 0 Å². The molecule has 1 aliphatic rings. The van der Waals surface area contributed by atoms with Gasteiger partial charge in [-0.1, -0.05) is 0 Å². The van der Waals surface area contributed by atoms with Gasteiger partial charge in [0.15, 0.2) is 0 Å². The normalized spacial score (nSPS) is 16.3. The number of aryl methyl sites for hydroxylation is 1. The van der Waals surface area contributed by atoms with Crippen molar-refractivity contribution in [2.75, 3.05) is 18.4 Å². The number of amides is 2. The van der Waals surface area contributed by atoms with Crippen LogP contribution in [0.2, 0.25) is 0 Å². The maximum absolute atomic E-state index is 12.8. The number of hydrogen-bond acceptors (Lipinski definition) is 4. The Kier molecular flexibility index (Phi) is 6.14. The lowest BCUT2D eigenvalue weighted by Crippen LogP contribution is -2.41. The minimum Gasteiger partial charge on any atom is -0.364 e. The van der Waals surface area contributed by atoms with Gasteiger partial charge in [-0.3, -0.25) is 9.59 Å². The van der Waals surface area contributed by atoms with Gasteiger partial charge >= 0.3 is 6.18 Å². The lowest BCUT2D eigenvalue weighted by molar-refractivity contribution is -0.137. The van der Waals surface area contributed by atoms with Crippen LogP contribution in [-0.4, -0.2) is 42.2 Å². The molecule has 0 radical (unpaired) electrons. The fourth-order valence-corrected chi connectivity index (χ4v) is 4.96. The Balaban J connectivity index is 1.61. The molecule has 3 N–H and O–H groups in total. The monoisotopic (exact) mass is 458 g/mol. The van der Waals surface area contributed by atoms with Crippen molar-refractivity contribution in [3.63, 3.8) is 0 Å². The van der Waals surface area contributed by atoms with E-state index in [2.05, 4.69) is 5.32 Å². The zero-order valence-corrected chi connectivity index (χ0v) is 17.3. The molecule has 0 atom stereocenters. The fourth-order valence-electron chi connectivity index (χ4n) is 3.41. The van der Waals surface area contributed by atoms with E-state index in [0.29, 0.717) is 0 Å². The third-order valence-electron chi connectivity index (χ3n) is 5.17. The number of nitrogens with two attached hydrogens (primary N) is 1. The molecule has 1 fully saturated rings. The maximum Gasteiger partial charge on any atom is 0.416 e. The van der Waals surface area contributed by atoms with Crippen LogP contribution in [0.15, 0.2) is 41.4 Å². The van der Waals surface area contributed by atoms with Crippen LogP contribution >= 0.6 is 0 Å². The Morgan fingerprint density at radius 1 is 1.13 bits per heavy atom. The summed E-state index contributed by atoms with van der Waals surface area (Å²) in [4.78, 5) is 23.8. The van der Waals surface area contributed by atoms with Gasteiger partial charge in [0.2, 0.25) is 15.9 Å². The zero-order valence-electron chi connectivity index (χ0n) is 16.5. The molecule has 0 unspecified atom stereocenters. The first-order valence-electron chi connectivity index (χ1n) is 9.34. The molecule has 1 aliphatic heterocycles. The molecule has 31 heavy (non-hydrogen) atoms. The van der Waals surface area contributed by atoms with Crippen LogP contribution in [-0.2, 0) is 28.0 Å². The van der Waals surface area contributed by atoms with Crippen LogP contribution < -0.4 is 11.1 Å². The lowest BCUT2D eigenvalue weighted by Gasteiger charge is -2.30. The van der Waals surface area contributed by atoms with Gasteiger partial charge in [-0.25, -0.2) is 8.42 Å². The first-order valence-corrected chi connectivity index (χ1v) is 10.8. The number of nitrogens with zero attached hydrogens (tertiary/aromatic N) is 2. The summed E-state index contributed by atoms with van der Waals surface area (Å²) < 4.78 is 66.1.